The summed E-state index contributed by atoms with van der Waals surface area (Å²) in [5.41, 5.74) is 2.41. The van der Waals surface area contributed by atoms with Crippen LogP contribution in [0.3, 0.4) is 0 Å². The van der Waals surface area contributed by atoms with E-state index in [9.17, 15) is 9.59 Å². The number of anilines is 1. The Morgan fingerprint density at radius 1 is 0.882 bits per heavy atom. The molecule has 2 rings (SSSR count). The topological polar surface area (TPSA) is 37.4 Å². The van der Waals surface area contributed by atoms with Gasteiger partial charge < -0.3 is 0 Å². The average molecular weight is 270 g/mol. The molecule has 1 aliphatic rings. The van der Waals surface area contributed by atoms with Crippen molar-refractivity contribution in [2.24, 2.45) is 0 Å². The summed E-state index contributed by atoms with van der Waals surface area (Å²) >= 11 is 11.3. The van der Waals surface area contributed by atoms with Crippen LogP contribution in [0.2, 0.25) is 0 Å². The normalized spacial score (nSPS) is 16.1. The van der Waals surface area contributed by atoms with Crippen LogP contribution in [0.25, 0.3) is 0 Å². The lowest BCUT2D eigenvalue weighted by atomic mass is 10.1. The maximum atomic E-state index is 11.8. The molecule has 1 aromatic rings. The number of amides is 2. The van der Waals surface area contributed by atoms with E-state index >= 15 is 0 Å². The van der Waals surface area contributed by atoms with Crippen LogP contribution < -0.4 is 4.90 Å². The maximum absolute atomic E-state index is 11.8. The van der Waals surface area contributed by atoms with Crippen LogP contribution >= 0.6 is 23.2 Å². The fourth-order valence-electron chi connectivity index (χ4n) is 1.79. The largest absolute Gasteiger partial charge is 0.278 e. The Morgan fingerprint density at radius 3 is 1.71 bits per heavy atom. The molecule has 5 heteroatoms. The highest BCUT2D eigenvalue weighted by molar-refractivity contribution is 6.62. The van der Waals surface area contributed by atoms with Gasteiger partial charge >= 0.3 is 0 Å². The zero-order valence-corrected chi connectivity index (χ0v) is 10.8. The molecule has 1 aliphatic heterocycles. The third-order valence-corrected chi connectivity index (χ3v) is 3.24. The highest BCUT2D eigenvalue weighted by Crippen LogP contribution is 2.31. The standard InChI is InChI=1S/C12H9Cl2NO2/c1-6-3-7(2)5-8(4-6)15-11(16)9(13)10(14)12(15)17/h3-5H,1-2H3. The van der Waals surface area contributed by atoms with Crippen LogP contribution in [0.5, 0.6) is 0 Å². The van der Waals surface area contributed by atoms with Gasteiger partial charge in [-0.2, -0.15) is 0 Å². The van der Waals surface area contributed by atoms with Gasteiger partial charge in [0, 0.05) is 0 Å². The fourth-order valence-corrected chi connectivity index (χ4v) is 2.12. The van der Waals surface area contributed by atoms with Crippen molar-refractivity contribution in [2.75, 3.05) is 4.90 Å². The second kappa shape index (κ2) is 4.17. The molecule has 17 heavy (non-hydrogen) atoms. The first-order chi connectivity index (χ1) is 7.91. The van der Waals surface area contributed by atoms with Gasteiger partial charge in [0.2, 0.25) is 0 Å². The molecule has 0 aliphatic carbocycles. The van der Waals surface area contributed by atoms with Crippen LogP contribution in [0.1, 0.15) is 11.1 Å². The van der Waals surface area contributed by atoms with Gasteiger partial charge in [-0.3, -0.25) is 9.59 Å². The third-order valence-electron chi connectivity index (χ3n) is 2.44. The number of carbonyl (C=O) groups is 2. The van der Waals surface area contributed by atoms with Crippen LogP contribution in [-0.4, -0.2) is 11.8 Å². The van der Waals surface area contributed by atoms with E-state index in [0.717, 1.165) is 16.0 Å². The monoisotopic (exact) mass is 269 g/mol. The van der Waals surface area contributed by atoms with Gasteiger partial charge in [0.05, 0.1) is 5.69 Å². The second-order valence-electron chi connectivity index (χ2n) is 3.92. The van der Waals surface area contributed by atoms with Gasteiger partial charge in [-0.15, -0.1) is 0 Å². The molecular weight excluding hydrogens is 261 g/mol. The molecule has 0 N–H and O–H groups in total. The van der Waals surface area contributed by atoms with E-state index in [1.54, 1.807) is 12.1 Å². The van der Waals surface area contributed by atoms with E-state index in [1.807, 2.05) is 19.9 Å². The molecule has 1 aromatic carbocycles. The van der Waals surface area contributed by atoms with E-state index in [2.05, 4.69) is 0 Å². The van der Waals surface area contributed by atoms with Gasteiger partial charge in [-0.25, -0.2) is 4.90 Å². The number of rotatable bonds is 1. The SMILES string of the molecule is Cc1cc(C)cc(N2C(=O)C(Cl)=C(Cl)C2=O)c1. The summed E-state index contributed by atoms with van der Waals surface area (Å²) in [6.45, 7) is 3.77. The quantitative estimate of drug-likeness (QED) is 0.736. The Hall–Kier alpha value is -1.32. The van der Waals surface area contributed by atoms with Crippen molar-refractivity contribution >= 4 is 40.7 Å². The summed E-state index contributed by atoms with van der Waals surface area (Å²) < 4.78 is 0. The summed E-state index contributed by atoms with van der Waals surface area (Å²) in [6, 6.07) is 5.43. The van der Waals surface area contributed by atoms with Crippen molar-refractivity contribution in [2.45, 2.75) is 13.8 Å². The molecule has 0 saturated heterocycles. The van der Waals surface area contributed by atoms with E-state index in [4.69, 9.17) is 23.2 Å². The van der Waals surface area contributed by atoms with E-state index < -0.39 is 11.8 Å². The molecule has 0 atom stereocenters. The molecule has 0 spiro atoms. The van der Waals surface area contributed by atoms with E-state index in [-0.39, 0.29) is 10.1 Å². The predicted molar refractivity (Wildman–Crippen MR) is 67.1 cm³/mol. The van der Waals surface area contributed by atoms with Crippen molar-refractivity contribution in [3.05, 3.63) is 39.4 Å². The Morgan fingerprint density at radius 2 is 1.29 bits per heavy atom. The fraction of sp³-hybridized carbons (Fsp3) is 0.167. The molecule has 1 heterocycles. The van der Waals surface area contributed by atoms with Gasteiger partial charge in [-0.1, -0.05) is 29.3 Å². The summed E-state index contributed by atoms with van der Waals surface area (Å²) in [5.74, 6) is -1.15. The number of carbonyl (C=O) groups excluding carboxylic acids is 2. The van der Waals surface area contributed by atoms with Gasteiger partial charge in [-0.05, 0) is 37.1 Å². The zero-order valence-electron chi connectivity index (χ0n) is 9.25. The van der Waals surface area contributed by atoms with E-state index in [0.29, 0.717) is 5.69 Å². The Labute approximate surface area is 109 Å². The first-order valence-corrected chi connectivity index (χ1v) is 5.70. The summed E-state index contributed by atoms with van der Waals surface area (Å²) in [4.78, 5) is 24.6. The Kier molecular flexibility index (Phi) is 2.98. The first-order valence-electron chi connectivity index (χ1n) is 4.94. The van der Waals surface area contributed by atoms with Crippen LogP contribution in [0.4, 0.5) is 5.69 Å². The Bertz CT molecular complexity index is 519. The number of nitrogens with zero attached hydrogens (tertiary/aromatic N) is 1. The third kappa shape index (κ3) is 1.96. The predicted octanol–water partition coefficient (Wildman–Crippen LogP) is 2.87. The molecule has 0 fully saturated rings. The number of benzene rings is 1. The molecule has 0 bridgehead atoms. The minimum Gasteiger partial charge on any atom is -0.267 e. The molecule has 0 radical (unpaired) electrons. The minimum absolute atomic E-state index is 0.226. The highest BCUT2D eigenvalue weighted by Gasteiger charge is 2.37. The lowest BCUT2D eigenvalue weighted by molar-refractivity contribution is -0.120. The number of imide groups is 1. The molecule has 0 aromatic heterocycles. The van der Waals surface area contributed by atoms with Crippen molar-refractivity contribution in [1.82, 2.24) is 0 Å². The second-order valence-corrected chi connectivity index (χ2v) is 4.68. The highest BCUT2D eigenvalue weighted by atomic mass is 35.5. The lowest BCUT2D eigenvalue weighted by Crippen LogP contribution is -2.31. The number of halogens is 2. The van der Waals surface area contributed by atoms with Crippen molar-refractivity contribution < 1.29 is 9.59 Å². The number of hydrogen-bond acceptors (Lipinski definition) is 2. The summed E-state index contributed by atoms with van der Waals surface area (Å²) in [5, 5.41) is -0.452. The molecule has 0 saturated carbocycles. The van der Waals surface area contributed by atoms with Crippen molar-refractivity contribution in [3.8, 4) is 0 Å². The summed E-state index contributed by atoms with van der Waals surface area (Å²) in [6.07, 6.45) is 0. The molecule has 2 amide bonds. The van der Waals surface area contributed by atoms with Gasteiger partial charge in [0.1, 0.15) is 10.1 Å². The molecule has 3 nitrogen and oxygen atoms in total. The summed E-state index contributed by atoms with van der Waals surface area (Å²) in [7, 11) is 0. The van der Waals surface area contributed by atoms with Crippen molar-refractivity contribution in [1.29, 1.82) is 0 Å². The molecule has 88 valence electrons. The van der Waals surface area contributed by atoms with Crippen LogP contribution in [0, 0.1) is 13.8 Å². The van der Waals surface area contributed by atoms with Gasteiger partial charge in [0.25, 0.3) is 11.8 Å². The van der Waals surface area contributed by atoms with E-state index in [1.165, 1.54) is 0 Å². The first kappa shape index (κ1) is 12.1. The molecule has 0 unspecified atom stereocenters. The van der Waals surface area contributed by atoms with Crippen LogP contribution in [0.15, 0.2) is 28.3 Å². The van der Waals surface area contributed by atoms with Gasteiger partial charge in [0.15, 0.2) is 0 Å². The number of hydrogen-bond donors (Lipinski definition) is 0. The smallest absolute Gasteiger partial charge is 0.267 e. The maximum Gasteiger partial charge on any atom is 0.278 e. The zero-order chi connectivity index (χ0) is 12.7. The number of aryl methyl sites for hydroxylation is 2. The minimum atomic E-state index is -0.577. The lowest BCUT2D eigenvalue weighted by Gasteiger charge is -2.15. The Balaban J connectivity index is 2.50. The van der Waals surface area contributed by atoms with Crippen molar-refractivity contribution in [3.63, 3.8) is 0 Å². The average Bonchev–Trinajstić information content (AvgIpc) is 2.42. The molecular formula is C12H9Cl2NO2. The van der Waals surface area contributed by atoms with Crippen LogP contribution in [-0.2, 0) is 9.59 Å².